The van der Waals surface area contributed by atoms with E-state index in [0.29, 0.717) is 18.3 Å². The van der Waals surface area contributed by atoms with Gasteiger partial charge in [-0.15, -0.1) is 0 Å². The van der Waals surface area contributed by atoms with Crippen LogP contribution in [-0.2, 0) is 0 Å². The van der Waals surface area contributed by atoms with E-state index in [1.165, 1.54) is 5.56 Å². The highest BCUT2D eigenvalue weighted by atomic mass is 16.5. The van der Waals surface area contributed by atoms with Crippen molar-refractivity contribution >= 4 is 0 Å². The van der Waals surface area contributed by atoms with Gasteiger partial charge in [-0.2, -0.15) is 0 Å². The summed E-state index contributed by atoms with van der Waals surface area (Å²) in [4.78, 5) is 0. The highest BCUT2D eigenvalue weighted by Crippen LogP contribution is 2.45. The molecule has 1 atom stereocenters. The Kier molecular flexibility index (Phi) is 4.43. The Morgan fingerprint density at radius 3 is 2.35 bits per heavy atom. The molecule has 0 bridgehead atoms. The maximum absolute atomic E-state index is 10.6. The first kappa shape index (κ1) is 15.4. The number of hydrogen-bond donors (Lipinski definition) is 1. The Balaban J connectivity index is 2.34. The number of fused-ring (bicyclic) bond motifs is 1. The monoisotopic (exact) mass is 276 g/mol. The van der Waals surface area contributed by atoms with E-state index in [4.69, 9.17) is 4.74 Å². The molecule has 1 N–H and O–H groups in total. The minimum absolute atomic E-state index is 0.218. The third-order valence-electron chi connectivity index (χ3n) is 3.98. The van der Waals surface area contributed by atoms with Gasteiger partial charge in [0.05, 0.1) is 6.10 Å². The van der Waals surface area contributed by atoms with Gasteiger partial charge in [0.15, 0.2) is 0 Å². The van der Waals surface area contributed by atoms with Crippen molar-refractivity contribution < 1.29 is 9.84 Å². The molecule has 0 aromatic heterocycles. The number of aliphatic hydroxyl groups is 1. The zero-order chi connectivity index (χ0) is 14.9. The summed E-state index contributed by atoms with van der Waals surface area (Å²) in [6, 6.07) is 6.13. The molecular weight excluding hydrogens is 248 g/mol. The molecule has 0 aliphatic carbocycles. The largest absolute Gasteiger partial charge is 0.487 e. The van der Waals surface area contributed by atoms with Crippen molar-refractivity contribution in [1.29, 1.82) is 0 Å². The van der Waals surface area contributed by atoms with Gasteiger partial charge in [0.2, 0.25) is 0 Å². The lowest BCUT2D eigenvalue weighted by Gasteiger charge is -2.43. The molecule has 112 valence electrons. The molecule has 1 aromatic carbocycles. The summed E-state index contributed by atoms with van der Waals surface area (Å²) in [6.45, 7) is 11.0. The van der Waals surface area contributed by atoms with Gasteiger partial charge in [-0.25, -0.2) is 0 Å². The fourth-order valence-electron chi connectivity index (χ4n) is 3.58. The van der Waals surface area contributed by atoms with E-state index in [1.807, 2.05) is 6.07 Å². The lowest BCUT2D eigenvalue weighted by Crippen LogP contribution is -2.43. The van der Waals surface area contributed by atoms with Crippen molar-refractivity contribution in [3.63, 3.8) is 0 Å². The molecule has 0 unspecified atom stereocenters. The van der Waals surface area contributed by atoms with Crippen LogP contribution in [-0.4, -0.2) is 10.7 Å². The van der Waals surface area contributed by atoms with Crippen LogP contribution in [0.15, 0.2) is 18.2 Å². The molecular formula is C18H28O2. The average molecular weight is 276 g/mol. The van der Waals surface area contributed by atoms with Gasteiger partial charge in [0.1, 0.15) is 11.4 Å². The summed E-state index contributed by atoms with van der Waals surface area (Å²) in [5.74, 6) is 2.00. The number of rotatable bonds is 4. The van der Waals surface area contributed by atoms with Crippen molar-refractivity contribution in [2.75, 3.05) is 0 Å². The van der Waals surface area contributed by atoms with Crippen molar-refractivity contribution in [2.24, 2.45) is 11.8 Å². The summed E-state index contributed by atoms with van der Waals surface area (Å²) in [7, 11) is 0. The van der Waals surface area contributed by atoms with Gasteiger partial charge < -0.3 is 9.84 Å². The fraction of sp³-hybridized carbons (Fsp3) is 0.667. The smallest absolute Gasteiger partial charge is 0.125 e. The second-order valence-corrected chi connectivity index (χ2v) is 7.24. The molecule has 1 heterocycles. The number of ether oxygens (including phenoxy) is 1. The lowest BCUT2D eigenvalue weighted by atomic mass is 9.78. The van der Waals surface area contributed by atoms with Gasteiger partial charge >= 0.3 is 0 Å². The number of benzene rings is 1. The minimum Gasteiger partial charge on any atom is -0.487 e. The number of aliphatic hydroxyl groups excluding tert-OH is 1. The Bertz CT molecular complexity index is 452. The summed E-state index contributed by atoms with van der Waals surface area (Å²) in [6.07, 6.45) is 2.29. The van der Waals surface area contributed by atoms with Gasteiger partial charge in [0, 0.05) is 12.0 Å². The van der Waals surface area contributed by atoms with Crippen LogP contribution in [0.25, 0.3) is 0 Å². The highest BCUT2D eigenvalue weighted by molar-refractivity contribution is 5.40. The van der Waals surface area contributed by atoms with Gasteiger partial charge in [-0.05, 0) is 43.7 Å². The first-order valence-corrected chi connectivity index (χ1v) is 7.79. The average Bonchev–Trinajstić information content (AvgIpc) is 2.28. The second kappa shape index (κ2) is 5.77. The van der Waals surface area contributed by atoms with Crippen LogP contribution in [0.4, 0.5) is 0 Å². The van der Waals surface area contributed by atoms with E-state index in [1.54, 1.807) is 0 Å². The Morgan fingerprint density at radius 1 is 1.20 bits per heavy atom. The normalized spacial score (nSPS) is 20.9. The van der Waals surface area contributed by atoms with Crippen molar-refractivity contribution in [3.8, 4) is 5.75 Å². The van der Waals surface area contributed by atoms with E-state index in [-0.39, 0.29) is 5.60 Å². The van der Waals surface area contributed by atoms with Crippen LogP contribution in [0.3, 0.4) is 0 Å². The molecule has 1 aliphatic heterocycles. The molecule has 0 amide bonds. The Labute approximate surface area is 123 Å². The predicted molar refractivity (Wildman–Crippen MR) is 83.0 cm³/mol. The zero-order valence-electron chi connectivity index (χ0n) is 13.4. The molecule has 0 spiro atoms. The Hall–Kier alpha value is -1.02. The maximum Gasteiger partial charge on any atom is 0.125 e. The summed E-state index contributed by atoms with van der Waals surface area (Å²) < 4.78 is 6.41. The standard InChI is InChI=1S/C18H28O2/c1-12(2)9-18(10-13(3)4)11-16(19)15-8-14(5)6-7-17(15)20-18/h6-8,12-13,16,19H,9-11H2,1-5H3/t16-/m0/s1. The van der Waals surface area contributed by atoms with Crippen LogP contribution in [0.5, 0.6) is 5.75 Å². The molecule has 2 rings (SSSR count). The zero-order valence-corrected chi connectivity index (χ0v) is 13.4. The predicted octanol–water partition coefficient (Wildman–Crippen LogP) is 4.64. The highest BCUT2D eigenvalue weighted by Gasteiger charge is 2.41. The van der Waals surface area contributed by atoms with Crippen molar-refractivity contribution in [1.82, 2.24) is 0 Å². The molecule has 0 saturated carbocycles. The minimum atomic E-state index is -0.406. The van der Waals surface area contributed by atoms with Crippen molar-refractivity contribution in [2.45, 2.75) is 65.6 Å². The topological polar surface area (TPSA) is 29.5 Å². The van der Waals surface area contributed by atoms with Crippen molar-refractivity contribution in [3.05, 3.63) is 29.3 Å². The van der Waals surface area contributed by atoms with E-state index in [2.05, 4.69) is 46.8 Å². The van der Waals surface area contributed by atoms with Crippen LogP contribution < -0.4 is 4.74 Å². The molecule has 0 fully saturated rings. The molecule has 1 aromatic rings. The molecule has 20 heavy (non-hydrogen) atoms. The second-order valence-electron chi connectivity index (χ2n) is 7.24. The summed E-state index contributed by atoms with van der Waals surface area (Å²) in [5, 5.41) is 10.6. The van der Waals surface area contributed by atoms with E-state index >= 15 is 0 Å². The first-order chi connectivity index (χ1) is 9.31. The van der Waals surface area contributed by atoms with Crippen LogP contribution >= 0.6 is 0 Å². The van der Waals surface area contributed by atoms with Crippen LogP contribution in [0, 0.1) is 18.8 Å². The third kappa shape index (κ3) is 3.35. The quantitative estimate of drug-likeness (QED) is 0.868. The Morgan fingerprint density at radius 2 is 1.80 bits per heavy atom. The molecule has 1 aliphatic rings. The molecule has 2 nitrogen and oxygen atoms in total. The molecule has 2 heteroatoms. The fourth-order valence-corrected chi connectivity index (χ4v) is 3.58. The van der Waals surface area contributed by atoms with E-state index in [0.717, 1.165) is 24.2 Å². The summed E-state index contributed by atoms with van der Waals surface area (Å²) in [5.41, 5.74) is 1.91. The van der Waals surface area contributed by atoms with E-state index in [9.17, 15) is 5.11 Å². The number of aryl methyl sites for hydroxylation is 1. The summed E-state index contributed by atoms with van der Waals surface area (Å²) >= 11 is 0. The lowest BCUT2D eigenvalue weighted by molar-refractivity contribution is -0.0407. The van der Waals surface area contributed by atoms with Gasteiger partial charge in [0.25, 0.3) is 0 Å². The van der Waals surface area contributed by atoms with Crippen LogP contribution in [0.1, 0.15) is 64.2 Å². The number of hydrogen-bond acceptors (Lipinski definition) is 2. The molecule has 0 radical (unpaired) electrons. The third-order valence-corrected chi connectivity index (χ3v) is 3.98. The van der Waals surface area contributed by atoms with E-state index < -0.39 is 6.10 Å². The maximum atomic E-state index is 10.6. The van der Waals surface area contributed by atoms with Gasteiger partial charge in [-0.3, -0.25) is 0 Å². The SMILES string of the molecule is Cc1ccc2c(c1)[C@@H](O)CC(CC(C)C)(CC(C)C)O2. The first-order valence-electron chi connectivity index (χ1n) is 7.79. The molecule has 0 saturated heterocycles. The van der Waals surface area contributed by atoms with Gasteiger partial charge in [-0.1, -0.05) is 39.3 Å². The van der Waals surface area contributed by atoms with Crippen LogP contribution in [0.2, 0.25) is 0 Å².